The van der Waals surface area contributed by atoms with Crippen LogP contribution in [-0.2, 0) is 33.3 Å². The lowest BCUT2D eigenvalue weighted by atomic mass is 9.82. The molecule has 9 heteroatoms. The van der Waals surface area contributed by atoms with Crippen molar-refractivity contribution in [3.63, 3.8) is 0 Å². The van der Waals surface area contributed by atoms with Gasteiger partial charge in [-0.3, -0.25) is 4.18 Å². The molecule has 0 aromatic heterocycles. The fraction of sp³-hybridized carbons (Fsp3) is 0.824. The van der Waals surface area contributed by atoms with Crippen LogP contribution in [0.5, 0.6) is 0 Å². The molecule has 7 nitrogen and oxygen atoms in total. The maximum absolute atomic E-state index is 12.1. The van der Waals surface area contributed by atoms with E-state index in [1.54, 1.807) is 11.8 Å². The monoisotopic (exact) mass is 406 g/mol. The molecule has 1 heterocycles. The first kappa shape index (κ1) is 20.1. The summed E-state index contributed by atoms with van der Waals surface area (Å²) >= 11 is 1.57. The van der Waals surface area contributed by atoms with Crippen LogP contribution in [-0.4, -0.2) is 63.4 Å². The van der Waals surface area contributed by atoms with Crippen molar-refractivity contribution in [2.24, 2.45) is 11.3 Å². The van der Waals surface area contributed by atoms with E-state index in [2.05, 4.69) is 6.58 Å². The molecule has 1 aliphatic heterocycles. The molecular weight excluding hydrogens is 380 g/mol. The fourth-order valence-corrected chi connectivity index (χ4v) is 6.72. The highest BCUT2D eigenvalue weighted by atomic mass is 32.2. The first-order valence-electron chi connectivity index (χ1n) is 8.72. The Morgan fingerprint density at radius 1 is 1.31 bits per heavy atom. The van der Waals surface area contributed by atoms with Gasteiger partial charge in [0.05, 0.1) is 24.4 Å². The topological polar surface area (TPSA) is 88.1 Å². The molecule has 0 radical (unpaired) electrons. The summed E-state index contributed by atoms with van der Waals surface area (Å²) < 4.78 is 45.5. The smallest absolute Gasteiger partial charge is 0.332 e. The van der Waals surface area contributed by atoms with Crippen molar-refractivity contribution in [1.29, 1.82) is 0 Å². The molecule has 26 heavy (non-hydrogen) atoms. The van der Waals surface area contributed by atoms with E-state index >= 15 is 0 Å². The first-order valence-corrected chi connectivity index (χ1v) is 11.3. The summed E-state index contributed by atoms with van der Waals surface area (Å²) in [6.45, 7) is 8.44. The van der Waals surface area contributed by atoms with Gasteiger partial charge in [-0.05, 0) is 19.8 Å². The maximum Gasteiger partial charge on any atom is 0.332 e. The van der Waals surface area contributed by atoms with Crippen LogP contribution in [0.15, 0.2) is 12.2 Å². The number of hydrogen-bond donors (Lipinski definition) is 0. The quantitative estimate of drug-likeness (QED) is 0.178. The SMILES string of the molecule is C=C(C)COCSCCOCC(=O)OC1C2OS(=O)(=O)C3CC1(C)CC23. The third-order valence-corrected chi connectivity index (χ3v) is 7.77. The standard InChI is InChI=1S/C17H26O7S2/c1-11(2)8-22-10-25-5-4-21-9-14(18)23-16-15-12-6-17(16,3)7-13(12)26(19,20)24-15/h12-13,15-16H,1,4-10H2,2-3H3. The average molecular weight is 407 g/mol. The lowest BCUT2D eigenvalue weighted by Gasteiger charge is -2.32. The van der Waals surface area contributed by atoms with Crippen LogP contribution in [0.2, 0.25) is 0 Å². The van der Waals surface area contributed by atoms with Gasteiger partial charge in [0, 0.05) is 17.1 Å². The van der Waals surface area contributed by atoms with E-state index in [1.165, 1.54) is 0 Å². The third kappa shape index (κ3) is 4.11. The van der Waals surface area contributed by atoms with Crippen LogP contribution in [0.1, 0.15) is 26.7 Å². The lowest BCUT2D eigenvalue weighted by Crippen LogP contribution is -2.42. The Bertz CT molecular complexity index is 662. The zero-order valence-electron chi connectivity index (χ0n) is 15.1. The van der Waals surface area contributed by atoms with Gasteiger partial charge in [0.15, 0.2) is 0 Å². The second-order valence-electron chi connectivity index (χ2n) is 7.61. The van der Waals surface area contributed by atoms with E-state index < -0.39 is 33.5 Å². The molecule has 0 aromatic rings. The number of fused-ring (bicyclic) bond motifs is 1. The van der Waals surface area contributed by atoms with Crippen molar-refractivity contribution in [2.75, 3.05) is 31.5 Å². The predicted molar refractivity (Wildman–Crippen MR) is 97.2 cm³/mol. The van der Waals surface area contributed by atoms with Crippen molar-refractivity contribution in [2.45, 2.75) is 44.1 Å². The highest BCUT2D eigenvalue weighted by molar-refractivity contribution is 7.99. The molecule has 1 saturated heterocycles. The zero-order valence-corrected chi connectivity index (χ0v) is 16.8. The second-order valence-corrected chi connectivity index (χ2v) is 10.4. The Balaban J connectivity index is 1.35. The summed E-state index contributed by atoms with van der Waals surface area (Å²) in [4.78, 5) is 12.1. The molecule has 148 valence electrons. The largest absolute Gasteiger partial charge is 0.457 e. The molecule has 5 atom stereocenters. The van der Waals surface area contributed by atoms with Gasteiger partial charge in [0.25, 0.3) is 10.1 Å². The van der Waals surface area contributed by atoms with Gasteiger partial charge in [-0.15, -0.1) is 11.8 Å². The summed E-state index contributed by atoms with van der Waals surface area (Å²) in [5.74, 6) is 0.728. The van der Waals surface area contributed by atoms with Gasteiger partial charge < -0.3 is 14.2 Å². The minimum Gasteiger partial charge on any atom is -0.457 e. The molecule has 3 aliphatic rings. The number of thioether (sulfide) groups is 1. The molecule has 2 aliphatic carbocycles. The molecule has 2 saturated carbocycles. The summed E-state index contributed by atoms with van der Waals surface area (Å²) in [7, 11) is -3.52. The molecule has 3 fully saturated rings. The maximum atomic E-state index is 12.1. The Morgan fingerprint density at radius 2 is 2.08 bits per heavy atom. The number of carbonyl (C=O) groups is 1. The lowest BCUT2D eigenvalue weighted by molar-refractivity contribution is -0.165. The number of rotatable bonds is 10. The van der Waals surface area contributed by atoms with Crippen molar-refractivity contribution < 1.29 is 31.6 Å². The molecule has 2 bridgehead atoms. The van der Waals surface area contributed by atoms with E-state index in [9.17, 15) is 13.2 Å². The Labute approximate surface area is 158 Å². The molecule has 0 N–H and O–H groups in total. The number of esters is 1. The zero-order chi connectivity index (χ0) is 18.9. The van der Waals surface area contributed by atoms with Gasteiger partial charge in [-0.25, -0.2) is 4.79 Å². The van der Waals surface area contributed by atoms with Crippen molar-refractivity contribution in [3.05, 3.63) is 12.2 Å². The molecule has 0 aromatic carbocycles. The highest BCUT2D eigenvalue weighted by Crippen LogP contribution is 2.62. The molecule has 3 rings (SSSR count). The molecule has 5 unspecified atom stereocenters. The van der Waals surface area contributed by atoms with E-state index in [1.807, 2.05) is 13.8 Å². The first-order chi connectivity index (χ1) is 12.2. The highest BCUT2D eigenvalue weighted by Gasteiger charge is 2.70. The van der Waals surface area contributed by atoms with E-state index in [0.29, 0.717) is 31.3 Å². The van der Waals surface area contributed by atoms with E-state index in [-0.39, 0.29) is 17.9 Å². The molecule has 0 amide bonds. The van der Waals surface area contributed by atoms with Crippen LogP contribution in [0.3, 0.4) is 0 Å². The molecular formula is C17H26O7S2. The van der Waals surface area contributed by atoms with Gasteiger partial charge in [0.2, 0.25) is 0 Å². The van der Waals surface area contributed by atoms with Crippen LogP contribution in [0, 0.1) is 11.3 Å². The second kappa shape index (κ2) is 7.79. The van der Waals surface area contributed by atoms with Gasteiger partial charge in [-0.1, -0.05) is 19.1 Å². The molecule has 0 spiro atoms. The van der Waals surface area contributed by atoms with E-state index in [0.717, 1.165) is 12.0 Å². The number of hydrogen-bond acceptors (Lipinski definition) is 8. The fourth-order valence-electron chi connectivity index (χ4n) is 4.20. The van der Waals surface area contributed by atoms with Gasteiger partial charge >= 0.3 is 5.97 Å². The minimum absolute atomic E-state index is 0.0562. The Kier molecular flexibility index (Phi) is 6.03. The summed E-state index contributed by atoms with van der Waals surface area (Å²) in [6.07, 6.45) is 0.174. The predicted octanol–water partition coefficient (Wildman–Crippen LogP) is 1.73. The normalized spacial score (nSPS) is 36.4. The Hall–Kier alpha value is -0.610. The summed E-state index contributed by atoms with van der Waals surface area (Å²) in [5.41, 5.74) is 0.652. The Morgan fingerprint density at radius 3 is 2.81 bits per heavy atom. The number of ether oxygens (including phenoxy) is 3. The van der Waals surface area contributed by atoms with E-state index in [4.69, 9.17) is 18.4 Å². The van der Waals surface area contributed by atoms with Crippen LogP contribution < -0.4 is 0 Å². The summed E-state index contributed by atoms with van der Waals surface area (Å²) in [6, 6.07) is 0. The van der Waals surface area contributed by atoms with Crippen molar-refractivity contribution >= 4 is 27.8 Å². The summed E-state index contributed by atoms with van der Waals surface area (Å²) in [5, 5.41) is -0.437. The van der Waals surface area contributed by atoms with Crippen molar-refractivity contribution in [3.8, 4) is 0 Å². The minimum atomic E-state index is -3.52. The van der Waals surface area contributed by atoms with Gasteiger partial charge in [0.1, 0.15) is 18.8 Å². The average Bonchev–Trinajstić information content (AvgIpc) is 3.08. The van der Waals surface area contributed by atoms with Crippen LogP contribution in [0.25, 0.3) is 0 Å². The number of carbonyl (C=O) groups excluding carboxylic acids is 1. The van der Waals surface area contributed by atoms with Crippen molar-refractivity contribution in [1.82, 2.24) is 0 Å². The third-order valence-electron chi connectivity index (χ3n) is 5.24. The van der Waals surface area contributed by atoms with Crippen LogP contribution >= 0.6 is 11.8 Å². The van der Waals surface area contributed by atoms with Gasteiger partial charge in [-0.2, -0.15) is 8.42 Å². The van der Waals surface area contributed by atoms with Crippen LogP contribution in [0.4, 0.5) is 0 Å².